The van der Waals surface area contributed by atoms with Gasteiger partial charge >= 0.3 is 5.97 Å². The van der Waals surface area contributed by atoms with Crippen molar-refractivity contribution in [1.29, 1.82) is 0 Å². The number of phenolic OH excluding ortho intramolecular Hbond substituents is 6. The quantitative estimate of drug-likeness (QED) is 0.0388. The summed E-state index contributed by atoms with van der Waals surface area (Å²) in [5.74, 6) is -1.15. The van der Waals surface area contributed by atoms with Crippen LogP contribution in [0.25, 0.3) is 16.7 Å². The van der Waals surface area contributed by atoms with Gasteiger partial charge in [0.1, 0.15) is 68.7 Å². The van der Waals surface area contributed by atoms with Gasteiger partial charge in [0.05, 0.1) is 39.1 Å². The largest absolute Gasteiger partial charge is 0.508 e. The number of azo groups is 2. The molecule has 7 aromatic rings. The summed E-state index contributed by atoms with van der Waals surface area (Å²) in [7, 11) is 0. The maximum atomic E-state index is 12.3. The van der Waals surface area contributed by atoms with Crippen LogP contribution in [0.2, 0.25) is 0 Å². The van der Waals surface area contributed by atoms with Crippen molar-refractivity contribution in [3.8, 4) is 46.0 Å². The van der Waals surface area contributed by atoms with Crippen molar-refractivity contribution < 1.29 is 76.9 Å². The molecule has 22 heteroatoms. The summed E-state index contributed by atoms with van der Waals surface area (Å²) in [5.41, 5.74) is 7.54. The normalized spacial score (nSPS) is 14.1. The molecule has 21 nitrogen and oxygen atoms in total. The van der Waals surface area contributed by atoms with Gasteiger partial charge in [0.25, 0.3) is 11.4 Å². The van der Waals surface area contributed by atoms with Gasteiger partial charge in [-0.25, -0.2) is 9.79 Å². The Hall–Kier alpha value is -9.93. The van der Waals surface area contributed by atoms with Crippen molar-refractivity contribution in [1.82, 2.24) is 0 Å². The van der Waals surface area contributed by atoms with Crippen molar-refractivity contribution in [2.45, 2.75) is 52.6 Å². The van der Waals surface area contributed by atoms with E-state index in [1.54, 1.807) is 12.1 Å². The van der Waals surface area contributed by atoms with Crippen molar-refractivity contribution in [3.63, 3.8) is 0 Å². The molecule has 1 radical (unpaired) electrons. The van der Waals surface area contributed by atoms with Crippen molar-refractivity contribution in [2.24, 2.45) is 20.5 Å². The second kappa shape index (κ2) is 22.1. The molecule has 3 heterocycles. The van der Waals surface area contributed by atoms with Gasteiger partial charge < -0.3 is 45.8 Å². The number of hydrogen-bond acceptors (Lipinski definition) is 17. The average Bonchev–Trinajstić information content (AvgIpc) is 3.39. The summed E-state index contributed by atoms with van der Waals surface area (Å²) in [6.07, 6.45) is 4.45. The summed E-state index contributed by atoms with van der Waals surface area (Å²) in [5, 5.41) is 108. The number of hydrogen-bond donors (Lipinski definition) is 9. The molecule has 78 heavy (non-hydrogen) atoms. The number of nitrogens with zero attached hydrogens (tertiary/aromatic N) is 6. The van der Waals surface area contributed by atoms with Crippen LogP contribution in [-0.2, 0) is 16.8 Å². The first-order valence-electron chi connectivity index (χ1n) is 23.4. The van der Waals surface area contributed by atoms with E-state index in [-0.39, 0.29) is 90.5 Å². The predicted octanol–water partition coefficient (Wildman–Crippen LogP) is 10.5. The number of nitro groups is 2. The van der Waals surface area contributed by atoms with Crippen molar-refractivity contribution >= 4 is 62.5 Å². The van der Waals surface area contributed by atoms with Gasteiger partial charge in [0, 0.05) is 94.1 Å². The summed E-state index contributed by atoms with van der Waals surface area (Å²) in [4.78, 5) is 35.6. The number of rotatable bonds is 8. The van der Waals surface area contributed by atoms with Crippen molar-refractivity contribution in [3.05, 3.63) is 192 Å². The van der Waals surface area contributed by atoms with Gasteiger partial charge in [0.15, 0.2) is 5.54 Å². The monoisotopic (exact) mass is 1100 g/mol. The van der Waals surface area contributed by atoms with E-state index in [1.165, 1.54) is 59.7 Å². The second-order valence-electron chi connectivity index (χ2n) is 19.1. The number of carbonyl (C=O) groups is 1. The average molecular weight is 1100 g/mol. The number of fused-ring (bicyclic) bond motifs is 4. The molecule has 0 saturated carbocycles. The van der Waals surface area contributed by atoms with Gasteiger partial charge in [-0.3, -0.25) is 20.2 Å². The summed E-state index contributed by atoms with van der Waals surface area (Å²) >= 11 is 0. The summed E-state index contributed by atoms with van der Waals surface area (Å²) in [6.45, 7) is 12.8. The minimum atomic E-state index is -0.951. The first-order chi connectivity index (χ1) is 36.4. The standard InChI is InChI=1S/C32H30N2O3.2C12H9N3O5.Co/c1-17-15-31(3,4)33-25-13-27-23(11-21(17)25)29(19-9-7-8-10-20(19)30(35)36)24-12-22-18(2)16-32(5,6)34-26(22)14-28(24)37-27;2*16-8-2-4-10(12(18)6-8)14-13-9-3-1-7(15(19)20)5-11(9)17;/h7-16,33H,1-6H3,(H,35,36);2*1-6,16-18H;/p+1. The van der Waals surface area contributed by atoms with E-state index in [4.69, 9.17) is 14.9 Å². The van der Waals surface area contributed by atoms with Crippen LogP contribution >= 0.6 is 0 Å². The van der Waals surface area contributed by atoms with Crippen LogP contribution < -0.4 is 25.6 Å². The smallest absolute Gasteiger partial charge is 0.336 e. The van der Waals surface area contributed by atoms with Crippen molar-refractivity contribution in [2.75, 3.05) is 5.32 Å². The van der Waals surface area contributed by atoms with Gasteiger partial charge in [0.2, 0.25) is 5.36 Å². The third kappa shape index (κ3) is 12.3. The summed E-state index contributed by atoms with van der Waals surface area (Å²) in [6, 6.07) is 29.8. The number of phenols is 6. The Morgan fingerprint density at radius 1 is 0.577 bits per heavy atom. The zero-order valence-electron chi connectivity index (χ0n) is 42.3. The molecule has 0 spiro atoms. The zero-order chi connectivity index (χ0) is 55.7. The van der Waals surface area contributed by atoms with Crippen LogP contribution in [0.15, 0.2) is 154 Å². The first-order valence-corrected chi connectivity index (χ1v) is 23.4. The number of nitro benzene ring substituents is 2. The fraction of sp³-hybridized carbons (Fsp3) is 0.143. The van der Waals surface area contributed by atoms with Crippen LogP contribution in [0.5, 0.6) is 46.0 Å². The van der Waals surface area contributed by atoms with E-state index >= 15 is 0 Å². The first kappa shape index (κ1) is 55.8. The minimum Gasteiger partial charge on any atom is -0.508 e. The number of aromatic carboxylic acids is 1. The van der Waals surface area contributed by atoms with Gasteiger partial charge in [-0.05, 0) is 105 Å². The van der Waals surface area contributed by atoms with Gasteiger partial charge in [-0.2, -0.15) is 0 Å². The molecule has 0 aromatic heterocycles. The number of carboxylic acid groups (broad SMARTS) is 1. The molecule has 0 amide bonds. The second-order valence-corrected chi connectivity index (χ2v) is 19.1. The molecular formula is C56H49CoN8O13+. The number of nitrogens with one attached hydrogen (secondary N) is 2. The number of benzene rings is 7. The SMILES string of the molecule is CC1=CC(C)(C)Nc2cc3c(cc21)C(c1ccccc1C(=O)O)=c1cc2c(cc1O3)=[NH+]C(C)(C)C=C2C.O=[N+]([O-])c1ccc(N=Nc2ccc(O)cc2O)c(O)c1.O=[N+]([O-])c1ccc(N=Nc2ccc(O)cc2O)c(O)c1.[Co]. The molecule has 7 aromatic carbocycles. The van der Waals surface area contributed by atoms with Crippen LogP contribution in [0.1, 0.15) is 74.2 Å². The maximum Gasteiger partial charge on any atom is 0.336 e. The fourth-order valence-electron chi connectivity index (χ4n) is 8.85. The van der Waals surface area contributed by atoms with E-state index in [0.29, 0.717) is 17.1 Å². The Labute approximate surface area is 454 Å². The van der Waals surface area contributed by atoms with Crippen LogP contribution in [-0.4, -0.2) is 62.6 Å². The third-order valence-corrected chi connectivity index (χ3v) is 12.1. The summed E-state index contributed by atoms with van der Waals surface area (Å²) < 4.78 is 6.58. The molecule has 0 bridgehead atoms. The number of anilines is 1. The molecule has 0 saturated heterocycles. The van der Waals surface area contributed by atoms with E-state index < -0.39 is 27.3 Å². The maximum absolute atomic E-state index is 12.3. The van der Waals surface area contributed by atoms with E-state index in [1.807, 2.05) is 12.1 Å². The number of ether oxygens (including phenoxy) is 1. The molecule has 399 valence electrons. The van der Waals surface area contributed by atoms with E-state index in [2.05, 4.69) is 109 Å². The Kier molecular flexibility index (Phi) is 15.8. The molecule has 0 aliphatic carbocycles. The minimum absolute atomic E-state index is 0. The van der Waals surface area contributed by atoms with E-state index in [9.17, 15) is 50.6 Å². The molecule has 0 fully saturated rings. The molecule has 9 N–H and O–H groups in total. The molecular weight excluding hydrogens is 1050 g/mol. The molecule has 10 rings (SSSR count). The third-order valence-electron chi connectivity index (χ3n) is 12.1. The van der Waals surface area contributed by atoms with Crippen LogP contribution in [0.3, 0.4) is 0 Å². The number of allylic oxidation sites excluding steroid dienone is 2. The molecule has 3 aliphatic rings. The van der Waals surface area contributed by atoms with Crippen LogP contribution in [0, 0.1) is 20.2 Å². The van der Waals surface area contributed by atoms with E-state index in [0.717, 1.165) is 62.8 Å². The Balaban J connectivity index is 0.000000184. The Morgan fingerprint density at radius 3 is 1.55 bits per heavy atom. The molecule has 0 unspecified atom stereocenters. The molecule has 0 atom stereocenters. The zero-order valence-corrected chi connectivity index (χ0v) is 43.3. The van der Waals surface area contributed by atoms with Gasteiger partial charge in [-0.15, -0.1) is 20.5 Å². The molecule has 3 aliphatic heterocycles. The number of aromatic hydroxyl groups is 6. The van der Waals surface area contributed by atoms with Crippen LogP contribution in [0.4, 0.5) is 39.8 Å². The van der Waals surface area contributed by atoms with Gasteiger partial charge in [-0.1, -0.05) is 24.3 Å². The Bertz CT molecular complexity index is 3750. The fourth-order valence-corrected chi connectivity index (χ4v) is 8.85. The number of carboxylic acids is 1. The number of non-ortho nitro benzene ring substituents is 2. The predicted molar refractivity (Wildman–Crippen MR) is 284 cm³/mol. The Morgan fingerprint density at radius 2 is 1.06 bits per heavy atom. The topological polar surface area (TPSA) is 330 Å².